The maximum absolute atomic E-state index is 13.5. The quantitative estimate of drug-likeness (QED) is 0.385. The number of carbonyl (C=O) groups is 1. The lowest BCUT2D eigenvalue weighted by molar-refractivity contribution is -0.140. The summed E-state index contributed by atoms with van der Waals surface area (Å²) in [5, 5.41) is 8.72. The molecule has 1 aromatic heterocycles. The average molecular weight is 457 g/mol. The van der Waals surface area contributed by atoms with Gasteiger partial charge in [0.1, 0.15) is 16.8 Å². The van der Waals surface area contributed by atoms with E-state index in [9.17, 15) is 9.18 Å². The number of aromatic nitrogens is 3. The van der Waals surface area contributed by atoms with E-state index in [1.54, 1.807) is 19.2 Å². The molecule has 1 fully saturated rings. The van der Waals surface area contributed by atoms with Crippen LogP contribution in [0.4, 0.5) is 10.3 Å². The molecule has 9 heteroatoms. The zero-order valence-electron chi connectivity index (χ0n) is 18.0. The van der Waals surface area contributed by atoms with Crippen LogP contribution in [0.2, 0.25) is 0 Å². The molecule has 0 aliphatic carbocycles. The Kier molecular flexibility index (Phi) is 6.94. The maximum Gasteiger partial charge on any atom is 0.323 e. The number of ether oxygens (including phenoxy) is 2. The Labute approximate surface area is 190 Å². The Hall–Kier alpha value is -3.07. The lowest BCUT2D eigenvalue weighted by atomic mass is 10.1. The van der Waals surface area contributed by atoms with Crippen molar-refractivity contribution >= 4 is 23.7 Å². The van der Waals surface area contributed by atoms with Gasteiger partial charge in [-0.3, -0.25) is 9.36 Å². The summed E-state index contributed by atoms with van der Waals surface area (Å²) in [5.41, 5.74) is 1.41. The van der Waals surface area contributed by atoms with Gasteiger partial charge < -0.3 is 14.4 Å². The highest BCUT2D eigenvalue weighted by Crippen LogP contribution is 2.39. The van der Waals surface area contributed by atoms with Crippen LogP contribution in [-0.4, -0.2) is 48.0 Å². The van der Waals surface area contributed by atoms with Gasteiger partial charge >= 0.3 is 5.97 Å². The van der Waals surface area contributed by atoms with Crippen LogP contribution in [0.1, 0.15) is 30.1 Å². The number of piperidine rings is 1. The van der Waals surface area contributed by atoms with Gasteiger partial charge in [-0.25, -0.2) is 4.39 Å². The Morgan fingerprint density at radius 2 is 1.75 bits per heavy atom. The fourth-order valence-electron chi connectivity index (χ4n) is 3.76. The molecule has 0 spiro atoms. The molecule has 1 aliphatic heterocycles. The van der Waals surface area contributed by atoms with Crippen molar-refractivity contribution in [2.24, 2.45) is 0 Å². The summed E-state index contributed by atoms with van der Waals surface area (Å²) in [5.74, 6) is 0.561. The fraction of sp³-hybridized carbons (Fsp3) is 0.348. The number of carbonyl (C=O) groups excluding carboxylic acids is 1. The minimum Gasteiger partial charge on any atom is -0.495 e. The van der Waals surface area contributed by atoms with Gasteiger partial charge in [0, 0.05) is 13.1 Å². The number of halogens is 1. The van der Waals surface area contributed by atoms with Crippen LogP contribution in [0.25, 0.3) is 5.69 Å². The minimum absolute atomic E-state index is 0.369. The van der Waals surface area contributed by atoms with Crippen molar-refractivity contribution in [2.45, 2.75) is 29.7 Å². The Morgan fingerprint density at radius 1 is 1.03 bits per heavy atom. The van der Waals surface area contributed by atoms with Crippen LogP contribution in [-0.2, 0) is 9.53 Å². The van der Waals surface area contributed by atoms with Crippen molar-refractivity contribution in [3.8, 4) is 11.4 Å². The van der Waals surface area contributed by atoms with E-state index in [0.717, 1.165) is 31.6 Å². The van der Waals surface area contributed by atoms with Crippen molar-refractivity contribution in [3.63, 3.8) is 0 Å². The fourth-order valence-corrected chi connectivity index (χ4v) is 4.83. The van der Waals surface area contributed by atoms with E-state index >= 15 is 0 Å². The van der Waals surface area contributed by atoms with E-state index in [1.165, 1.54) is 37.4 Å². The van der Waals surface area contributed by atoms with Crippen molar-refractivity contribution in [3.05, 3.63) is 59.9 Å². The summed E-state index contributed by atoms with van der Waals surface area (Å²) < 4.78 is 26.0. The molecule has 2 aromatic carbocycles. The van der Waals surface area contributed by atoms with Gasteiger partial charge in [0.05, 0.1) is 19.9 Å². The smallest absolute Gasteiger partial charge is 0.323 e. The van der Waals surface area contributed by atoms with Gasteiger partial charge in [-0.1, -0.05) is 36.0 Å². The van der Waals surface area contributed by atoms with Gasteiger partial charge in [0.15, 0.2) is 5.16 Å². The molecule has 1 saturated heterocycles. The standard InChI is InChI=1S/C23H25FN4O3S/c1-30-19-9-5-4-8-18(19)28-22(27-14-6-3-7-15-27)25-26-23(28)32-20(21(29)31-2)16-10-12-17(24)13-11-16/h4-5,8-13,20H,3,6-7,14-15H2,1-2H3/t20-/m1/s1. The number of para-hydroxylation sites is 2. The first-order valence-corrected chi connectivity index (χ1v) is 11.3. The van der Waals surface area contributed by atoms with Crippen LogP contribution in [0.5, 0.6) is 5.75 Å². The number of thioether (sulfide) groups is 1. The second kappa shape index (κ2) is 10.0. The molecular formula is C23H25FN4O3S. The van der Waals surface area contributed by atoms with E-state index in [2.05, 4.69) is 15.1 Å². The highest BCUT2D eigenvalue weighted by Gasteiger charge is 2.29. The number of hydrogen-bond donors (Lipinski definition) is 0. The first-order chi connectivity index (χ1) is 15.6. The second-order valence-electron chi connectivity index (χ2n) is 7.41. The van der Waals surface area contributed by atoms with E-state index < -0.39 is 11.2 Å². The topological polar surface area (TPSA) is 69.5 Å². The highest BCUT2D eigenvalue weighted by molar-refractivity contribution is 8.00. The second-order valence-corrected chi connectivity index (χ2v) is 8.48. The van der Waals surface area contributed by atoms with Gasteiger partial charge in [-0.2, -0.15) is 0 Å². The summed E-state index contributed by atoms with van der Waals surface area (Å²) >= 11 is 1.22. The van der Waals surface area contributed by atoms with E-state index in [1.807, 2.05) is 28.8 Å². The van der Waals surface area contributed by atoms with E-state index in [0.29, 0.717) is 22.4 Å². The number of methoxy groups -OCH3 is 2. The SMILES string of the molecule is COC(=O)[C@H](Sc1nnc(N2CCCCC2)n1-c1ccccc1OC)c1ccc(F)cc1. The first-order valence-electron chi connectivity index (χ1n) is 10.5. The zero-order chi connectivity index (χ0) is 22.5. The van der Waals surface area contributed by atoms with Crippen LogP contribution in [0.15, 0.2) is 53.7 Å². The lowest BCUT2D eigenvalue weighted by Gasteiger charge is -2.28. The number of rotatable bonds is 7. The summed E-state index contributed by atoms with van der Waals surface area (Å²) in [7, 11) is 2.95. The van der Waals surface area contributed by atoms with Gasteiger partial charge in [0.2, 0.25) is 5.95 Å². The van der Waals surface area contributed by atoms with Crippen molar-refractivity contribution in [1.29, 1.82) is 0 Å². The van der Waals surface area contributed by atoms with Crippen molar-refractivity contribution < 1.29 is 18.7 Å². The number of esters is 1. The Balaban J connectivity index is 1.79. The molecule has 0 unspecified atom stereocenters. The van der Waals surface area contributed by atoms with Crippen molar-refractivity contribution in [1.82, 2.24) is 14.8 Å². The number of nitrogens with zero attached hydrogens (tertiary/aromatic N) is 4. The third kappa shape index (κ3) is 4.57. The normalized spacial score (nSPS) is 14.8. The van der Waals surface area contributed by atoms with Crippen molar-refractivity contribution in [2.75, 3.05) is 32.2 Å². The van der Waals surface area contributed by atoms with Crippen LogP contribution in [0, 0.1) is 5.82 Å². The predicted molar refractivity (Wildman–Crippen MR) is 121 cm³/mol. The number of benzene rings is 2. The van der Waals surface area contributed by atoms with Gasteiger partial charge in [0.25, 0.3) is 0 Å². The molecule has 1 aliphatic rings. The molecule has 0 bridgehead atoms. The zero-order valence-corrected chi connectivity index (χ0v) is 18.8. The summed E-state index contributed by atoms with van der Waals surface area (Å²) in [6, 6.07) is 13.5. The van der Waals surface area contributed by atoms with Crippen LogP contribution < -0.4 is 9.64 Å². The molecule has 7 nitrogen and oxygen atoms in total. The van der Waals surface area contributed by atoms with E-state index in [4.69, 9.17) is 9.47 Å². The van der Waals surface area contributed by atoms with Crippen LogP contribution in [0.3, 0.4) is 0 Å². The molecule has 4 rings (SSSR count). The van der Waals surface area contributed by atoms with Gasteiger partial charge in [-0.05, 0) is 49.1 Å². The molecule has 168 valence electrons. The molecule has 2 heterocycles. The molecule has 0 radical (unpaired) electrons. The Bertz CT molecular complexity index is 1070. The summed E-state index contributed by atoms with van der Waals surface area (Å²) in [4.78, 5) is 14.9. The predicted octanol–water partition coefficient (Wildman–Crippen LogP) is 4.41. The summed E-state index contributed by atoms with van der Waals surface area (Å²) in [6.07, 6.45) is 3.36. The molecule has 3 aromatic rings. The maximum atomic E-state index is 13.5. The van der Waals surface area contributed by atoms with E-state index in [-0.39, 0.29) is 5.82 Å². The molecule has 32 heavy (non-hydrogen) atoms. The van der Waals surface area contributed by atoms with Crippen LogP contribution >= 0.6 is 11.8 Å². The average Bonchev–Trinajstić information content (AvgIpc) is 3.26. The third-order valence-corrected chi connectivity index (χ3v) is 6.57. The third-order valence-electron chi connectivity index (χ3n) is 5.39. The Morgan fingerprint density at radius 3 is 2.44 bits per heavy atom. The number of hydrogen-bond acceptors (Lipinski definition) is 7. The molecular weight excluding hydrogens is 431 g/mol. The minimum atomic E-state index is -0.729. The summed E-state index contributed by atoms with van der Waals surface area (Å²) in [6.45, 7) is 1.77. The molecule has 0 N–H and O–H groups in total. The molecule has 0 amide bonds. The van der Waals surface area contributed by atoms with Gasteiger partial charge in [-0.15, -0.1) is 10.2 Å². The highest BCUT2D eigenvalue weighted by atomic mass is 32.2. The number of anilines is 1. The molecule has 1 atom stereocenters. The monoisotopic (exact) mass is 456 g/mol. The lowest BCUT2D eigenvalue weighted by Crippen LogP contribution is -2.31. The molecule has 0 saturated carbocycles. The largest absolute Gasteiger partial charge is 0.495 e. The first kappa shape index (κ1) is 22.1.